The lowest BCUT2D eigenvalue weighted by Crippen LogP contribution is -3.00. The van der Waals surface area contributed by atoms with Crippen LogP contribution in [0.5, 0.6) is 0 Å². The lowest BCUT2D eigenvalue weighted by Gasteiger charge is -2.38. The van der Waals surface area contributed by atoms with E-state index in [1.165, 1.54) is 6.42 Å². The monoisotopic (exact) mass is 407 g/mol. The van der Waals surface area contributed by atoms with E-state index in [2.05, 4.69) is 20.9 Å². The molecule has 0 aliphatic heterocycles. The Labute approximate surface area is 159 Å². The summed E-state index contributed by atoms with van der Waals surface area (Å²) < 4.78 is 6.54. The number of likely N-dealkylation sites (N-methyl/N-ethyl adjacent to an activating group) is 1. The molecule has 144 valence electrons. The van der Waals surface area contributed by atoms with Crippen molar-refractivity contribution in [1.29, 1.82) is 0 Å². The van der Waals surface area contributed by atoms with Gasteiger partial charge >= 0.3 is 5.97 Å². The summed E-state index contributed by atoms with van der Waals surface area (Å²) in [5.41, 5.74) is -0.966. The van der Waals surface area contributed by atoms with Crippen molar-refractivity contribution in [2.24, 2.45) is 11.8 Å². The van der Waals surface area contributed by atoms with Crippen LogP contribution in [0.4, 0.5) is 0 Å². The maximum absolute atomic E-state index is 12.7. The van der Waals surface area contributed by atoms with Gasteiger partial charge in [0.2, 0.25) is 0 Å². The summed E-state index contributed by atoms with van der Waals surface area (Å²) in [7, 11) is 2.19. The second-order valence-electron chi connectivity index (χ2n) is 7.73. The first-order valence-electron chi connectivity index (χ1n) is 9.52. The molecule has 0 aromatic rings. The normalized spacial score (nSPS) is 19.9. The van der Waals surface area contributed by atoms with Crippen molar-refractivity contribution < 1.29 is 36.1 Å². The van der Waals surface area contributed by atoms with Gasteiger partial charge in [0, 0.05) is 0 Å². The Morgan fingerprint density at radius 3 is 2.21 bits per heavy atom. The summed E-state index contributed by atoms with van der Waals surface area (Å²) in [6, 6.07) is 0. The molecule has 0 bridgehead atoms. The minimum Gasteiger partial charge on any atom is -1.00 e. The van der Waals surface area contributed by atoms with E-state index in [9.17, 15) is 9.90 Å². The Balaban J connectivity index is 0.00000529. The number of quaternary nitrogens is 1. The largest absolute Gasteiger partial charge is 1.00 e. The Bertz CT molecular complexity index is 364. The summed E-state index contributed by atoms with van der Waals surface area (Å²) in [5.74, 6) is -0.304. The summed E-state index contributed by atoms with van der Waals surface area (Å²) in [6.45, 7) is 11.4. The van der Waals surface area contributed by atoms with E-state index >= 15 is 0 Å². The molecule has 1 saturated carbocycles. The zero-order valence-electron chi connectivity index (χ0n) is 16.3. The summed E-state index contributed by atoms with van der Waals surface area (Å²) in [5, 5.41) is 10.8. The van der Waals surface area contributed by atoms with Gasteiger partial charge in [-0.2, -0.15) is 0 Å². The van der Waals surface area contributed by atoms with Crippen LogP contribution in [-0.4, -0.2) is 54.4 Å². The van der Waals surface area contributed by atoms with Crippen molar-refractivity contribution in [3.05, 3.63) is 0 Å². The molecule has 5 heteroatoms. The number of hydrogen-bond donors (Lipinski definition) is 1. The van der Waals surface area contributed by atoms with Gasteiger partial charge < -0.3 is 31.3 Å². The molecular formula is C19H38BrNO3. The molecule has 0 aromatic carbocycles. The summed E-state index contributed by atoms with van der Waals surface area (Å²) in [4.78, 5) is 12.7. The fraction of sp³-hybridized carbons (Fsp3) is 0.947. The van der Waals surface area contributed by atoms with Gasteiger partial charge in [0.25, 0.3) is 0 Å². The number of rotatable bonds is 9. The van der Waals surface area contributed by atoms with E-state index in [0.717, 1.165) is 49.8 Å². The highest BCUT2D eigenvalue weighted by atomic mass is 79.9. The van der Waals surface area contributed by atoms with Crippen LogP contribution in [0.3, 0.4) is 0 Å². The summed E-state index contributed by atoms with van der Waals surface area (Å²) in [6.07, 6.45) is 6.22. The van der Waals surface area contributed by atoms with E-state index in [0.29, 0.717) is 13.0 Å². The molecule has 24 heavy (non-hydrogen) atoms. The second kappa shape index (κ2) is 10.8. The van der Waals surface area contributed by atoms with Crippen LogP contribution in [0.25, 0.3) is 0 Å². The lowest BCUT2D eigenvalue weighted by atomic mass is 9.71. The predicted octanol–water partition coefficient (Wildman–Crippen LogP) is 0.378. The first kappa shape index (κ1) is 23.9. The fourth-order valence-electron chi connectivity index (χ4n) is 3.64. The molecule has 0 amide bonds. The zero-order valence-corrected chi connectivity index (χ0v) is 17.9. The molecule has 1 fully saturated rings. The minimum atomic E-state index is -0.966. The molecule has 0 aromatic heterocycles. The lowest BCUT2D eigenvalue weighted by molar-refractivity contribution is -0.906. The van der Waals surface area contributed by atoms with E-state index in [1.54, 1.807) is 6.92 Å². The Morgan fingerprint density at radius 1 is 1.21 bits per heavy atom. The number of esters is 1. The summed E-state index contributed by atoms with van der Waals surface area (Å²) >= 11 is 0. The average molecular weight is 408 g/mol. The first-order chi connectivity index (χ1) is 10.8. The van der Waals surface area contributed by atoms with Crippen molar-refractivity contribution in [2.45, 2.75) is 71.8 Å². The predicted molar refractivity (Wildman–Crippen MR) is 94.1 cm³/mol. The van der Waals surface area contributed by atoms with Gasteiger partial charge in [0.05, 0.1) is 31.7 Å². The molecular weight excluding hydrogens is 370 g/mol. The molecule has 1 aliphatic rings. The molecule has 0 spiro atoms. The molecule has 0 radical (unpaired) electrons. The number of aliphatic hydroxyl groups is 1. The Morgan fingerprint density at radius 2 is 1.75 bits per heavy atom. The van der Waals surface area contributed by atoms with Gasteiger partial charge in [-0.1, -0.05) is 26.2 Å². The smallest absolute Gasteiger partial charge is 0.312 e. The van der Waals surface area contributed by atoms with E-state index < -0.39 is 5.60 Å². The molecule has 2 atom stereocenters. The topological polar surface area (TPSA) is 46.5 Å². The van der Waals surface area contributed by atoms with Crippen LogP contribution in [0.2, 0.25) is 0 Å². The highest BCUT2D eigenvalue weighted by Crippen LogP contribution is 2.38. The minimum absolute atomic E-state index is 0. The van der Waals surface area contributed by atoms with E-state index in [1.807, 2.05) is 6.92 Å². The molecule has 2 unspecified atom stereocenters. The SMILES string of the molecule is CCC(C)(O)C(C(=O)OCC[N+](C)(CC)CC)C1CCCCC1.[Br-]. The number of hydrogen-bond acceptors (Lipinski definition) is 3. The van der Waals surface area contributed by atoms with Gasteiger partial charge in [-0.3, -0.25) is 4.79 Å². The van der Waals surface area contributed by atoms with Crippen molar-refractivity contribution in [2.75, 3.05) is 33.3 Å². The van der Waals surface area contributed by atoms with Crippen molar-refractivity contribution in [3.8, 4) is 0 Å². The third kappa shape index (κ3) is 6.64. The van der Waals surface area contributed by atoms with Crippen LogP contribution < -0.4 is 17.0 Å². The van der Waals surface area contributed by atoms with Crippen molar-refractivity contribution in [3.63, 3.8) is 0 Å². The standard InChI is InChI=1S/C19H38NO3.BrH/c1-6-19(4,22)17(16-12-10-9-11-13-16)18(21)23-15-14-20(5,7-2)8-3;/h16-17,22H,6-15H2,1-5H3;1H/q+1;/p-1. The third-order valence-electron chi connectivity index (χ3n) is 6.16. The highest BCUT2D eigenvalue weighted by molar-refractivity contribution is 5.74. The first-order valence-corrected chi connectivity index (χ1v) is 9.52. The molecule has 0 saturated heterocycles. The number of halogens is 1. The maximum atomic E-state index is 12.7. The van der Waals surface area contributed by atoms with Crippen LogP contribution in [0.1, 0.15) is 66.2 Å². The number of ether oxygens (including phenoxy) is 1. The second-order valence-corrected chi connectivity index (χ2v) is 7.73. The van der Waals surface area contributed by atoms with Crippen molar-refractivity contribution in [1.82, 2.24) is 0 Å². The quantitative estimate of drug-likeness (QED) is 0.443. The van der Waals surface area contributed by atoms with Gasteiger partial charge in [0.1, 0.15) is 13.2 Å². The highest BCUT2D eigenvalue weighted by Gasteiger charge is 2.43. The van der Waals surface area contributed by atoms with Crippen LogP contribution in [-0.2, 0) is 9.53 Å². The molecule has 4 nitrogen and oxygen atoms in total. The number of nitrogens with zero attached hydrogens (tertiary/aromatic N) is 1. The molecule has 1 N–H and O–H groups in total. The zero-order chi connectivity index (χ0) is 17.5. The number of carbonyl (C=O) groups is 1. The number of carbonyl (C=O) groups excluding carboxylic acids is 1. The van der Waals surface area contributed by atoms with E-state index in [-0.39, 0.29) is 34.8 Å². The third-order valence-corrected chi connectivity index (χ3v) is 6.16. The van der Waals surface area contributed by atoms with Gasteiger partial charge in [-0.15, -0.1) is 0 Å². The molecule has 0 heterocycles. The Hall–Kier alpha value is -0.130. The van der Waals surface area contributed by atoms with Gasteiger partial charge in [-0.25, -0.2) is 0 Å². The fourth-order valence-corrected chi connectivity index (χ4v) is 3.64. The van der Waals surface area contributed by atoms with Crippen LogP contribution in [0.15, 0.2) is 0 Å². The van der Waals surface area contributed by atoms with Crippen LogP contribution in [0, 0.1) is 11.8 Å². The van der Waals surface area contributed by atoms with Crippen molar-refractivity contribution >= 4 is 5.97 Å². The molecule has 1 aliphatic carbocycles. The Kier molecular flexibility index (Phi) is 10.7. The van der Waals surface area contributed by atoms with Gasteiger partial charge in [0.15, 0.2) is 0 Å². The van der Waals surface area contributed by atoms with Gasteiger partial charge in [-0.05, 0) is 46.0 Å². The van der Waals surface area contributed by atoms with Crippen LogP contribution >= 0.6 is 0 Å². The van der Waals surface area contributed by atoms with E-state index in [4.69, 9.17) is 4.74 Å². The maximum Gasteiger partial charge on any atom is 0.312 e. The average Bonchev–Trinajstić information content (AvgIpc) is 2.55. The molecule has 1 rings (SSSR count).